The van der Waals surface area contributed by atoms with E-state index in [2.05, 4.69) is 22.0 Å². The summed E-state index contributed by atoms with van der Waals surface area (Å²) in [6.07, 6.45) is -1.29. The monoisotopic (exact) mass is 368 g/mol. The molecular formula is C19H23F3N2O2. The van der Waals surface area contributed by atoms with E-state index in [4.69, 9.17) is 0 Å². The number of carbonyl (C=O) groups excluding carboxylic acids is 1. The summed E-state index contributed by atoms with van der Waals surface area (Å²) >= 11 is 0. The maximum Gasteiger partial charge on any atom is 0.411 e. The number of para-hydroxylation sites is 1. The number of amides is 1. The van der Waals surface area contributed by atoms with E-state index >= 15 is 0 Å². The molecule has 0 saturated heterocycles. The fourth-order valence-corrected chi connectivity index (χ4v) is 3.50. The molecule has 0 fully saturated rings. The topological polar surface area (TPSA) is 54.1 Å². The Bertz CT molecular complexity index is 798. The molecule has 0 bridgehead atoms. The normalized spacial score (nSPS) is 18.6. The summed E-state index contributed by atoms with van der Waals surface area (Å²) in [5.74, 6) is 0.301. The fraction of sp³-hybridized carbons (Fsp3) is 0.526. The van der Waals surface area contributed by atoms with Gasteiger partial charge in [-0.25, -0.2) is 0 Å². The third-order valence-electron chi connectivity index (χ3n) is 4.73. The minimum Gasteiger partial charge on any atom is -0.370 e. The van der Waals surface area contributed by atoms with E-state index in [0.717, 1.165) is 30.2 Å². The van der Waals surface area contributed by atoms with E-state index in [1.807, 2.05) is 12.1 Å². The molecule has 1 aromatic carbocycles. The fourth-order valence-electron chi connectivity index (χ4n) is 3.50. The Morgan fingerprint density at radius 3 is 2.92 bits per heavy atom. The predicted octanol–water partition coefficient (Wildman–Crippen LogP) is 3.99. The molecule has 142 valence electrons. The van der Waals surface area contributed by atoms with Crippen molar-refractivity contribution in [3.8, 4) is 0 Å². The first kappa shape index (κ1) is 18.8. The number of H-pyrrole nitrogens is 1. The van der Waals surface area contributed by atoms with Crippen LogP contribution >= 0.6 is 0 Å². The lowest BCUT2D eigenvalue weighted by Gasteiger charge is -2.18. The highest BCUT2D eigenvalue weighted by Gasteiger charge is 2.28. The van der Waals surface area contributed by atoms with E-state index in [1.165, 1.54) is 11.3 Å². The van der Waals surface area contributed by atoms with Gasteiger partial charge in [0.1, 0.15) is 6.61 Å². The molecule has 1 amide bonds. The Hall–Kier alpha value is -2.02. The molecule has 2 N–H and O–H groups in total. The zero-order chi connectivity index (χ0) is 18.9. The predicted molar refractivity (Wildman–Crippen MR) is 93.3 cm³/mol. The molecule has 7 heteroatoms. The molecule has 2 unspecified atom stereocenters. The number of aromatic amines is 1. The van der Waals surface area contributed by atoms with Gasteiger partial charge in [0.2, 0.25) is 0 Å². The van der Waals surface area contributed by atoms with Crippen molar-refractivity contribution < 1.29 is 22.7 Å². The van der Waals surface area contributed by atoms with Crippen molar-refractivity contribution in [2.45, 2.75) is 45.3 Å². The van der Waals surface area contributed by atoms with Crippen molar-refractivity contribution in [3.05, 3.63) is 35.0 Å². The molecule has 2 atom stereocenters. The van der Waals surface area contributed by atoms with Crippen LogP contribution in [-0.2, 0) is 17.6 Å². The molecule has 0 radical (unpaired) electrons. The summed E-state index contributed by atoms with van der Waals surface area (Å²) < 4.78 is 41.0. The molecule has 1 aliphatic carbocycles. The average Bonchev–Trinajstić information content (AvgIpc) is 2.91. The molecule has 0 saturated carbocycles. The van der Waals surface area contributed by atoms with Gasteiger partial charge < -0.3 is 15.0 Å². The molecule has 26 heavy (non-hydrogen) atoms. The van der Waals surface area contributed by atoms with Crippen LogP contribution in [0.1, 0.15) is 41.9 Å². The zero-order valence-electron chi connectivity index (χ0n) is 14.9. The molecule has 3 rings (SSSR count). The van der Waals surface area contributed by atoms with Crippen molar-refractivity contribution in [1.82, 2.24) is 10.3 Å². The van der Waals surface area contributed by atoms with Crippen molar-refractivity contribution in [3.63, 3.8) is 0 Å². The van der Waals surface area contributed by atoms with Gasteiger partial charge in [0.25, 0.3) is 5.91 Å². The Labute approximate surface area is 150 Å². The van der Waals surface area contributed by atoms with Gasteiger partial charge in [0.15, 0.2) is 0 Å². The maximum atomic E-state index is 12.6. The standard InChI is InChI=1S/C19H23F3N2O2/c1-11-6-7-16-15(8-11)13-4-3-5-14(17(13)24-16)18(25)23-12(2)9-26-10-19(20,21)22/h3-5,11-12,24H,6-10H2,1-2H3,(H,23,25). The number of hydrogen-bond donors (Lipinski definition) is 2. The number of benzene rings is 1. The van der Waals surface area contributed by atoms with E-state index in [1.54, 1.807) is 13.0 Å². The van der Waals surface area contributed by atoms with Crippen LogP contribution in [-0.4, -0.2) is 36.3 Å². The van der Waals surface area contributed by atoms with Gasteiger partial charge in [-0.15, -0.1) is 0 Å². The van der Waals surface area contributed by atoms with Gasteiger partial charge >= 0.3 is 6.18 Å². The van der Waals surface area contributed by atoms with Crippen molar-refractivity contribution in [2.24, 2.45) is 5.92 Å². The van der Waals surface area contributed by atoms with Crippen LogP contribution in [0.15, 0.2) is 18.2 Å². The summed E-state index contributed by atoms with van der Waals surface area (Å²) in [6, 6.07) is 5.06. The van der Waals surface area contributed by atoms with Gasteiger partial charge in [-0.2, -0.15) is 13.2 Å². The molecule has 1 aliphatic rings. The van der Waals surface area contributed by atoms with Crippen molar-refractivity contribution >= 4 is 16.8 Å². The summed E-state index contributed by atoms with van der Waals surface area (Å²) in [5.41, 5.74) is 3.76. The number of aryl methyl sites for hydroxylation is 1. The second-order valence-corrected chi connectivity index (χ2v) is 7.16. The second kappa shape index (κ2) is 7.31. The summed E-state index contributed by atoms with van der Waals surface area (Å²) in [5, 5.41) is 3.77. The van der Waals surface area contributed by atoms with E-state index < -0.39 is 18.8 Å². The minimum atomic E-state index is -4.37. The largest absolute Gasteiger partial charge is 0.411 e. The molecule has 4 nitrogen and oxygen atoms in total. The third kappa shape index (κ3) is 4.20. The first-order chi connectivity index (χ1) is 12.2. The Morgan fingerprint density at radius 1 is 1.42 bits per heavy atom. The van der Waals surface area contributed by atoms with Crippen molar-refractivity contribution in [1.29, 1.82) is 0 Å². The second-order valence-electron chi connectivity index (χ2n) is 7.16. The third-order valence-corrected chi connectivity index (χ3v) is 4.73. The molecule has 1 aromatic heterocycles. The smallest absolute Gasteiger partial charge is 0.370 e. The Morgan fingerprint density at radius 2 is 2.19 bits per heavy atom. The number of hydrogen-bond acceptors (Lipinski definition) is 2. The molecular weight excluding hydrogens is 345 g/mol. The van der Waals surface area contributed by atoms with Crippen LogP contribution in [0, 0.1) is 5.92 Å². The quantitative estimate of drug-likeness (QED) is 0.838. The van der Waals surface area contributed by atoms with E-state index in [9.17, 15) is 18.0 Å². The van der Waals surface area contributed by atoms with E-state index in [0.29, 0.717) is 11.5 Å². The zero-order valence-corrected chi connectivity index (χ0v) is 14.9. The number of carbonyl (C=O) groups is 1. The molecule has 0 aliphatic heterocycles. The SMILES string of the molecule is CC1CCc2[nH]c3c(C(=O)NC(C)COCC(F)(F)F)cccc3c2C1. The number of rotatable bonds is 5. The first-order valence-electron chi connectivity index (χ1n) is 8.82. The van der Waals surface area contributed by atoms with Crippen LogP contribution < -0.4 is 5.32 Å². The summed E-state index contributed by atoms with van der Waals surface area (Å²) in [4.78, 5) is 16.0. The summed E-state index contributed by atoms with van der Waals surface area (Å²) in [6.45, 7) is 2.33. The lowest BCUT2D eigenvalue weighted by Crippen LogP contribution is -2.37. The van der Waals surface area contributed by atoms with Gasteiger partial charge in [0.05, 0.1) is 17.7 Å². The number of ether oxygens (including phenoxy) is 1. The molecule has 1 heterocycles. The summed E-state index contributed by atoms with van der Waals surface area (Å²) in [7, 11) is 0. The van der Waals surface area contributed by atoms with Crippen LogP contribution in [0.5, 0.6) is 0 Å². The number of alkyl halides is 3. The van der Waals surface area contributed by atoms with Crippen LogP contribution in [0.25, 0.3) is 10.9 Å². The number of halogens is 3. The highest BCUT2D eigenvalue weighted by atomic mass is 19.4. The maximum absolute atomic E-state index is 12.6. The highest BCUT2D eigenvalue weighted by Crippen LogP contribution is 2.32. The van der Waals surface area contributed by atoms with Gasteiger partial charge in [-0.1, -0.05) is 19.1 Å². The molecule has 0 spiro atoms. The van der Waals surface area contributed by atoms with E-state index in [-0.39, 0.29) is 12.5 Å². The van der Waals surface area contributed by atoms with Gasteiger partial charge in [0, 0.05) is 17.1 Å². The number of aromatic nitrogens is 1. The van der Waals surface area contributed by atoms with Crippen LogP contribution in [0.3, 0.4) is 0 Å². The number of fused-ring (bicyclic) bond motifs is 3. The lowest BCUT2D eigenvalue weighted by atomic mass is 9.87. The first-order valence-corrected chi connectivity index (χ1v) is 8.82. The Kier molecular flexibility index (Phi) is 5.27. The minimum absolute atomic E-state index is 0.194. The highest BCUT2D eigenvalue weighted by molar-refractivity contribution is 6.06. The van der Waals surface area contributed by atoms with Gasteiger partial charge in [-0.3, -0.25) is 4.79 Å². The van der Waals surface area contributed by atoms with Crippen LogP contribution in [0.2, 0.25) is 0 Å². The lowest BCUT2D eigenvalue weighted by molar-refractivity contribution is -0.174. The molecule has 2 aromatic rings. The Balaban J connectivity index is 1.73. The van der Waals surface area contributed by atoms with Crippen LogP contribution in [0.4, 0.5) is 13.2 Å². The van der Waals surface area contributed by atoms with Crippen molar-refractivity contribution in [2.75, 3.05) is 13.2 Å². The van der Waals surface area contributed by atoms with Gasteiger partial charge in [-0.05, 0) is 43.7 Å². The number of nitrogens with one attached hydrogen (secondary N) is 2. The average molecular weight is 368 g/mol.